The maximum atomic E-state index is 10.5. The summed E-state index contributed by atoms with van der Waals surface area (Å²) >= 11 is 0. The highest BCUT2D eigenvalue weighted by Crippen LogP contribution is 2.44. The Balaban J connectivity index is 1.80. The fourth-order valence-corrected chi connectivity index (χ4v) is 3.38. The summed E-state index contributed by atoms with van der Waals surface area (Å²) in [6, 6.07) is 22.9. The van der Waals surface area contributed by atoms with Crippen LogP contribution < -0.4 is 10.5 Å². The van der Waals surface area contributed by atoms with Crippen LogP contribution in [0.2, 0.25) is 0 Å². The van der Waals surface area contributed by atoms with Gasteiger partial charge in [-0.2, -0.15) is 5.26 Å². The van der Waals surface area contributed by atoms with Gasteiger partial charge in [0.15, 0.2) is 0 Å². The lowest BCUT2D eigenvalue weighted by atomic mass is 9.83. The predicted molar refractivity (Wildman–Crippen MR) is 112 cm³/mol. The van der Waals surface area contributed by atoms with Crippen molar-refractivity contribution >= 4 is 11.9 Å². The topological polar surface area (TPSA) is 91.6 Å². The summed E-state index contributed by atoms with van der Waals surface area (Å²) in [4.78, 5) is 4.45. The third-order valence-electron chi connectivity index (χ3n) is 4.88. The Morgan fingerprint density at radius 3 is 2.52 bits per heavy atom. The van der Waals surface area contributed by atoms with Crippen LogP contribution in [-0.4, -0.2) is 11.3 Å². The van der Waals surface area contributed by atoms with Crippen LogP contribution in [0.15, 0.2) is 83.2 Å². The molecule has 0 fully saturated rings. The predicted octanol–water partition coefficient (Wildman–Crippen LogP) is 4.67. The van der Waals surface area contributed by atoms with Gasteiger partial charge in [0.2, 0.25) is 5.88 Å². The molecule has 3 aromatic carbocycles. The molecule has 5 heteroatoms. The molecule has 4 rings (SSSR count). The maximum Gasteiger partial charge on any atom is 0.205 e. The first-order chi connectivity index (χ1) is 14.1. The largest absolute Gasteiger partial charge is 0.507 e. The smallest absolute Gasteiger partial charge is 0.205 e. The van der Waals surface area contributed by atoms with Crippen molar-refractivity contribution in [2.45, 2.75) is 12.8 Å². The summed E-state index contributed by atoms with van der Waals surface area (Å²) in [5.41, 5.74) is 10.5. The van der Waals surface area contributed by atoms with Crippen molar-refractivity contribution in [3.63, 3.8) is 0 Å². The van der Waals surface area contributed by atoms with E-state index in [1.807, 2.05) is 61.5 Å². The minimum absolute atomic E-state index is 0.0274. The Bertz CT molecular complexity index is 1160. The van der Waals surface area contributed by atoms with Crippen molar-refractivity contribution < 1.29 is 9.84 Å². The quantitative estimate of drug-likeness (QED) is 0.645. The second kappa shape index (κ2) is 7.53. The number of allylic oxidation sites excluding steroid dienone is 1. The molecular formula is C24H19N3O2. The number of fused-ring (bicyclic) bond motifs is 1. The molecule has 0 saturated heterocycles. The molecule has 0 bridgehead atoms. The van der Waals surface area contributed by atoms with Crippen molar-refractivity contribution in [2.24, 2.45) is 10.7 Å². The molecule has 1 unspecified atom stereocenters. The Labute approximate surface area is 169 Å². The van der Waals surface area contributed by atoms with Crippen LogP contribution in [0.4, 0.5) is 5.69 Å². The molecule has 29 heavy (non-hydrogen) atoms. The average molecular weight is 381 g/mol. The van der Waals surface area contributed by atoms with Crippen molar-refractivity contribution in [2.75, 3.05) is 0 Å². The number of hydrogen-bond donors (Lipinski definition) is 2. The molecule has 3 N–H and O–H groups in total. The number of phenols is 1. The summed E-state index contributed by atoms with van der Waals surface area (Å²) in [5, 5.41) is 20.1. The van der Waals surface area contributed by atoms with Gasteiger partial charge in [0, 0.05) is 23.4 Å². The molecule has 142 valence electrons. The highest BCUT2D eigenvalue weighted by molar-refractivity contribution is 5.86. The van der Waals surface area contributed by atoms with Gasteiger partial charge < -0.3 is 15.6 Å². The molecule has 0 saturated carbocycles. The molecule has 1 aliphatic rings. The highest BCUT2D eigenvalue weighted by atomic mass is 16.5. The normalized spacial score (nSPS) is 15.7. The van der Waals surface area contributed by atoms with E-state index in [0.29, 0.717) is 16.9 Å². The fraction of sp³-hybridized carbons (Fsp3) is 0.0833. The Morgan fingerprint density at radius 1 is 1.10 bits per heavy atom. The van der Waals surface area contributed by atoms with E-state index in [0.717, 1.165) is 22.4 Å². The van der Waals surface area contributed by atoms with Gasteiger partial charge >= 0.3 is 0 Å². The lowest BCUT2D eigenvalue weighted by Gasteiger charge is -2.27. The summed E-state index contributed by atoms with van der Waals surface area (Å²) in [6.07, 6.45) is 1.61. The van der Waals surface area contributed by atoms with Crippen LogP contribution in [0.25, 0.3) is 0 Å². The maximum absolute atomic E-state index is 10.5. The molecule has 1 heterocycles. The lowest BCUT2D eigenvalue weighted by Crippen LogP contribution is -2.21. The number of aryl methyl sites for hydroxylation is 1. The molecule has 1 aliphatic heterocycles. The van der Waals surface area contributed by atoms with E-state index in [4.69, 9.17) is 10.5 Å². The standard InChI is InChI=1S/C24H19N3O2/c1-15-7-9-18(10-8-15)27-14-17-11-19-22(12-21(17)28)29-24(26)20(13-25)23(19)16-5-3-2-4-6-16/h2-12,14,23,28H,26H2,1H3. The number of nitrogens with two attached hydrogens (primary N) is 1. The van der Waals surface area contributed by atoms with E-state index >= 15 is 0 Å². The minimum atomic E-state index is -0.378. The number of aliphatic imine (C=N–C) groups is 1. The first kappa shape index (κ1) is 18.3. The van der Waals surface area contributed by atoms with Crippen LogP contribution in [0, 0.1) is 18.3 Å². The van der Waals surface area contributed by atoms with Crippen LogP contribution >= 0.6 is 0 Å². The average Bonchev–Trinajstić information content (AvgIpc) is 2.73. The SMILES string of the molecule is Cc1ccc(N=Cc2cc3c(cc2O)OC(N)=C(C#N)C3c2ccccc2)cc1. The second-order valence-electron chi connectivity index (χ2n) is 6.88. The van der Waals surface area contributed by atoms with E-state index in [1.54, 1.807) is 12.3 Å². The highest BCUT2D eigenvalue weighted by Gasteiger charge is 2.31. The minimum Gasteiger partial charge on any atom is -0.507 e. The number of rotatable bonds is 3. The molecule has 0 aromatic heterocycles. The molecule has 1 atom stereocenters. The van der Waals surface area contributed by atoms with Gasteiger partial charge in [-0.3, -0.25) is 4.99 Å². The van der Waals surface area contributed by atoms with E-state index < -0.39 is 0 Å². The zero-order chi connectivity index (χ0) is 20.4. The first-order valence-electron chi connectivity index (χ1n) is 9.17. The van der Waals surface area contributed by atoms with E-state index in [9.17, 15) is 10.4 Å². The van der Waals surface area contributed by atoms with Gasteiger partial charge in [-0.05, 0) is 30.7 Å². The Morgan fingerprint density at radius 2 is 1.83 bits per heavy atom. The Kier molecular flexibility index (Phi) is 4.76. The lowest BCUT2D eigenvalue weighted by molar-refractivity contribution is 0.388. The van der Waals surface area contributed by atoms with Gasteiger partial charge in [-0.1, -0.05) is 48.0 Å². The molecule has 0 aliphatic carbocycles. The van der Waals surface area contributed by atoms with Crippen LogP contribution in [0.1, 0.15) is 28.2 Å². The third kappa shape index (κ3) is 3.56. The van der Waals surface area contributed by atoms with Crippen molar-refractivity contribution in [1.29, 1.82) is 5.26 Å². The van der Waals surface area contributed by atoms with Crippen molar-refractivity contribution in [3.05, 3.63) is 100 Å². The van der Waals surface area contributed by atoms with E-state index in [2.05, 4.69) is 11.1 Å². The second-order valence-corrected chi connectivity index (χ2v) is 6.88. The van der Waals surface area contributed by atoms with Crippen molar-refractivity contribution in [1.82, 2.24) is 0 Å². The van der Waals surface area contributed by atoms with Crippen LogP contribution in [0.3, 0.4) is 0 Å². The Hall–Kier alpha value is -4.04. The summed E-state index contributed by atoms with van der Waals surface area (Å²) in [6.45, 7) is 2.01. The first-order valence-corrected chi connectivity index (χ1v) is 9.17. The van der Waals surface area contributed by atoms with Gasteiger partial charge in [0.25, 0.3) is 0 Å². The van der Waals surface area contributed by atoms with Gasteiger partial charge in [0.1, 0.15) is 23.1 Å². The summed E-state index contributed by atoms with van der Waals surface area (Å²) < 4.78 is 5.63. The fourth-order valence-electron chi connectivity index (χ4n) is 3.38. The van der Waals surface area contributed by atoms with Crippen molar-refractivity contribution in [3.8, 4) is 17.6 Å². The molecule has 0 radical (unpaired) electrons. The summed E-state index contributed by atoms with van der Waals surface area (Å²) in [7, 11) is 0. The number of hydrogen-bond acceptors (Lipinski definition) is 5. The number of phenolic OH excluding ortho intramolecular Hbond substituents is 1. The molecule has 0 amide bonds. The summed E-state index contributed by atoms with van der Waals surface area (Å²) in [5.74, 6) is 0.131. The monoisotopic (exact) mass is 381 g/mol. The third-order valence-corrected chi connectivity index (χ3v) is 4.88. The number of nitrogens with zero attached hydrogens (tertiary/aromatic N) is 2. The van der Waals surface area contributed by atoms with Crippen LogP contribution in [0.5, 0.6) is 11.5 Å². The number of benzene rings is 3. The van der Waals surface area contributed by atoms with Gasteiger partial charge in [0.05, 0.1) is 11.6 Å². The van der Waals surface area contributed by atoms with Gasteiger partial charge in [-0.25, -0.2) is 0 Å². The van der Waals surface area contributed by atoms with Gasteiger partial charge in [-0.15, -0.1) is 0 Å². The molecular weight excluding hydrogens is 362 g/mol. The number of aromatic hydroxyl groups is 1. The molecule has 3 aromatic rings. The van der Waals surface area contributed by atoms with E-state index in [1.165, 1.54) is 6.07 Å². The van der Waals surface area contributed by atoms with Crippen LogP contribution in [-0.2, 0) is 0 Å². The number of ether oxygens (including phenoxy) is 1. The molecule has 0 spiro atoms. The zero-order valence-electron chi connectivity index (χ0n) is 15.8. The van der Waals surface area contributed by atoms with E-state index in [-0.39, 0.29) is 17.6 Å². The number of nitriles is 1. The molecule has 5 nitrogen and oxygen atoms in total. The zero-order valence-corrected chi connectivity index (χ0v) is 15.8.